The number of methoxy groups -OCH3 is 1. The lowest BCUT2D eigenvalue weighted by Gasteiger charge is -2.25. The lowest BCUT2D eigenvalue weighted by Crippen LogP contribution is -2.31. The number of fused-ring (bicyclic) bond motifs is 1. The topological polar surface area (TPSA) is 93.3 Å². The summed E-state index contributed by atoms with van der Waals surface area (Å²) >= 11 is 1.43. The summed E-state index contributed by atoms with van der Waals surface area (Å²) in [5.74, 6) is 1.60. The van der Waals surface area contributed by atoms with Gasteiger partial charge in [-0.3, -0.25) is 9.59 Å². The van der Waals surface area contributed by atoms with Gasteiger partial charge in [0.1, 0.15) is 5.82 Å². The second-order valence-electron chi connectivity index (χ2n) is 7.91. The minimum Gasteiger partial charge on any atom is -0.493 e. The molecule has 1 aliphatic heterocycles. The van der Waals surface area contributed by atoms with Crippen molar-refractivity contribution in [3.8, 4) is 11.5 Å². The average Bonchev–Trinajstić information content (AvgIpc) is 2.81. The van der Waals surface area contributed by atoms with Crippen LogP contribution in [-0.4, -0.2) is 29.6 Å². The van der Waals surface area contributed by atoms with Crippen molar-refractivity contribution >= 4 is 23.5 Å². The first-order valence-electron chi connectivity index (χ1n) is 10.9. The van der Waals surface area contributed by atoms with E-state index in [2.05, 4.69) is 34.3 Å². The van der Waals surface area contributed by atoms with Crippen molar-refractivity contribution in [2.45, 2.75) is 43.5 Å². The van der Waals surface area contributed by atoms with Gasteiger partial charge in [0.05, 0.1) is 19.3 Å². The molecule has 2 heterocycles. The van der Waals surface area contributed by atoms with Gasteiger partial charge in [0.25, 0.3) is 5.56 Å². The maximum absolute atomic E-state index is 13.1. The van der Waals surface area contributed by atoms with Gasteiger partial charge in [0.2, 0.25) is 5.91 Å². The van der Waals surface area contributed by atoms with Crippen LogP contribution in [0.5, 0.6) is 11.5 Å². The molecule has 1 atom stereocenters. The number of carbonyl (C=O) groups is 1. The van der Waals surface area contributed by atoms with Crippen molar-refractivity contribution in [1.29, 1.82) is 0 Å². The number of amides is 1. The molecule has 0 radical (unpaired) electrons. The van der Waals surface area contributed by atoms with E-state index in [-0.39, 0.29) is 17.9 Å². The van der Waals surface area contributed by atoms with E-state index in [1.54, 1.807) is 7.11 Å². The first-order chi connectivity index (χ1) is 16.0. The molecule has 8 heteroatoms. The molecule has 0 saturated carbocycles. The van der Waals surface area contributed by atoms with Crippen molar-refractivity contribution in [3.63, 3.8) is 0 Å². The van der Waals surface area contributed by atoms with Gasteiger partial charge in [-0.05, 0) is 42.2 Å². The van der Waals surface area contributed by atoms with Crippen LogP contribution in [0.4, 0.5) is 5.82 Å². The third-order valence-electron chi connectivity index (χ3n) is 5.61. The van der Waals surface area contributed by atoms with Gasteiger partial charge in [0, 0.05) is 18.1 Å². The Balaban J connectivity index is 1.64. The van der Waals surface area contributed by atoms with Crippen LogP contribution in [0.3, 0.4) is 0 Å². The van der Waals surface area contributed by atoms with Crippen LogP contribution in [0.25, 0.3) is 0 Å². The Morgan fingerprint density at radius 3 is 2.73 bits per heavy atom. The molecule has 172 valence electrons. The maximum Gasteiger partial charge on any atom is 0.257 e. The Morgan fingerprint density at radius 2 is 1.97 bits per heavy atom. The van der Waals surface area contributed by atoms with Crippen molar-refractivity contribution in [2.75, 3.05) is 19.0 Å². The van der Waals surface area contributed by atoms with E-state index >= 15 is 0 Å². The number of ether oxygens (including phenoxy) is 2. The number of aryl methyl sites for hydroxylation is 1. The highest BCUT2D eigenvalue weighted by molar-refractivity contribution is 7.98. The Hall–Kier alpha value is -3.26. The summed E-state index contributed by atoms with van der Waals surface area (Å²) in [4.78, 5) is 33.1. The van der Waals surface area contributed by atoms with Crippen molar-refractivity contribution < 1.29 is 14.3 Å². The van der Waals surface area contributed by atoms with Crippen LogP contribution in [0.15, 0.2) is 52.4 Å². The zero-order valence-corrected chi connectivity index (χ0v) is 19.8. The van der Waals surface area contributed by atoms with E-state index in [1.807, 2.05) is 37.3 Å². The molecule has 0 fully saturated rings. The minimum atomic E-state index is -0.422. The summed E-state index contributed by atoms with van der Waals surface area (Å²) in [7, 11) is 1.58. The molecule has 2 aromatic carbocycles. The fraction of sp³-hybridized carbons (Fsp3) is 0.320. The van der Waals surface area contributed by atoms with E-state index in [1.165, 1.54) is 22.9 Å². The number of hydrogen-bond acceptors (Lipinski definition) is 6. The van der Waals surface area contributed by atoms with Crippen LogP contribution < -0.4 is 20.3 Å². The first kappa shape index (κ1) is 22.9. The van der Waals surface area contributed by atoms with E-state index in [4.69, 9.17) is 9.47 Å². The van der Waals surface area contributed by atoms with E-state index in [0.29, 0.717) is 40.4 Å². The smallest absolute Gasteiger partial charge is 0.257 e. The number of rotatable bonds is 8. The predicted octanol–water partition coefficient (Wildman–Crippen LogP) is 4.64. The largest absolute Gasteiger partial charge is 0.493 e. The number of thioether (sulfide) groups is 1. The number of anilines is 1. The number of nitrogens with zero attached hydrogens (tertiary/aromatic N) is 1. The summed E-state index contributed by atoms with van der Waals surface area (Å²) in [6, 6.07) is 13.6. The van der Waals surface area contributed by atoms with Gasteiger partial charge < -0.3 is 19.8 Å². The molecular weight excluding hydrogens is 438 g/mol. The van der Waals surface area contributed by atoms with Crippen molar-refractivity contribution in [3.05, 3.63) is 75.1 Å². The van der Waals surface area contributed by atoms with E-state index in [9.17, 15) is 9.59 Å². The number of aromatic nitrogens is 2. The number of H-pyrrole nitrogens is 1. The van der Waals surface area contributed by atoms with Crippen molar-refractivity contribution in [1.82, 2.24) is 9.97 Å². The summed E-state index contributed by atoms with van der Waals surface area (Å²) in [5.41, 5.74) is 3.36. The monoisotopic (exact) mass is 465 g/mol. The lowest BCUT2D eigenvalue weighted by molar-refractivity contribution is -0.116. The van der Waals surface area contributed by atoms with Crippen LogP contribution in [-0.2, 0) is 10.5 Å². The van der Waals surface area contributed by atoms with E-state index < -0.39 is 5.92 Å². The van der Waals surface area contributed by atoms with Gasteiger partial charge in [-0.15, -0.1) is 0 Å². The Kier molecular flexibility index (Phi) is 7.03. The van der Waals surface area contributed by atoms with Gasteiger partial charge in [-0.2, -0.15) is 0 Å². The molecule has 0 bridgehead atoms. The summed E-state index contributed by atoms with van der Waals surface area (Å²) in [5, 5.41) is 3.25. The van der Waals surface area contributed by atoms with Gasteiger partial charge in [-0.1, -0.05) is 49.0 Å². The van der Waals surface area contributed by atoms with Crippen LogP contribution >= 0.6 is 11.8 Å². The SMILES string of the molecule is CCCOc1ccc([C@@H]2CC(=O)Nc3nc(SCc4ccccc4C)[nH]c(=O)c32)cc1OC. The second kappa shape index (κ2) is 10.1. The lowest BCUT2D eigenvalue weighted by atomic mass is 9.86. The standard InChI is InChI=1S/C25H27N3O4S/c1-4-11-32-19-10-9-16(12-20(19)31-3)18-13-21(29)26-23-22(18)24(30)28-25(27-23)33-14-17-8-6-5-7-15(17)2/h5-10,12,18H,4,11,13-14H2,1-3H3,(H2,26,27,28,29,30)/t18-/m0/s1. The molecule has 1 aromatic heterocycles. The van der Waals surface area contributed by atoms with Crippen LogP contribution in [0, 0.1) is 6.92 Å². The molecule has 2 N–H and O–H groups in total. The van der Waals surface area contributed by atoms with Crippen LogP contribution in [0.2, 0.25) is 0 Å². The number of benzene rings is 2. The molecular formula is C25H27N3O4S. The number of nitrogens with one attached hydrogen (secondary N) is 2. The fourth-order valence-electron chi connectivity index (χ4n) is 3.85. The first-order valence-corrected chi connectivity index (χ1v) is 11.9. The molecule has 3 aromatic rings. The Labute approximate surface area is 196 Å². The fourth-order valence-corrected chi connectivity index (χ4v) is 4.79. The molecule has 0 saturated heterocycles. The van der Waals surface area contributed by atoms with Gasteiger partial charge in [0.15, 0.2) is 16.7 Å². The molecule has 1 aliphatic rings. The highest BCUT2D eigenvalue weighted by Gasteiger charge is 2.31. The van der Waals surface area contributed by atoms with Gasteiger partial charge in [-0.25, -0.2) is 4.98 Å². The number of aromatic amines is 1. The quantitative estimate of drug-likeness (QED) is 0.372. The number of carbonyl (C=O) groups excluding carboxylic acids is 1. The normalized spacial score (nSPS) is 15.0. The Morgan fingerprint density at radius 1 is 1.15 bits per heavy atom. The number of hydrogen-bond donors (Lipinski definition) is 2. The highest BCUT2D eigenvalue weighted by Crippen LogP contribution is 2.38. The molecule has 4 rings (SSSR count). The zero-order chi connectivity index (χ0) is 23.4. The average molecular weight is 466 g/mol. The predicted molar refractivity (Wildman–Crippen MR) is 129 cm³/mol. The molecule has 1 amide bonds. The third kappa shape index (κ3) is 5.06. The summed E-state index contributed by atoms with van der Waals surface area (Å²) in [6.07, 6.45) is 1.04. The zero-order valence-electron chi connectivity index (χ0n) is 18.9. The molecule has 33 heavy (non-hydrogen) atoms. The summed E-state index contributed by atoms with van der Waals surface area (Å²) in [6.45, 7) is 4.67. The second-order valence-corrected chi connectivity index (χ2v) is 8.88. The molecule has 7 nitrogen and oxygen atoms in total. The molecule has 0 aliphatic carbocycles. The minimum absolute atomic E-state index is 0.159. The highest BCUT2D eigenvalue weighted by atomic mass is 32.2. The molecule has 0 unspecified atom stereocenters. The third-order valence-corrected chi connectivity index (χ3v) is 6.53. The van der Waals surface area contributed by atoms with Crippen molar-refractivity contribution in [2.24, 2.45) is 0 Å². The maximum atomic E-state index is 13.1. The van der Waals surface area contributed by atoms with E-state index in [0.717, 1.165) is 12.0 Å². The van der Waals surface area contributed by atoms with Crippen LogP contribution in [0.1, 0.15) is 47.9 Å². The molecule has 0 spiro atoms. The van der Waals surface area contributed by atoms with Gasteiger partial charge >= 0.3 is 0 Å². The Bertz CT molecular complexity index is 1220. The summed E-state index contributed by atoms with van der Waals surface area (Å²) < 4.78 is 11.2.